The van der Waals surface area contributed by atoms with Gasteiger partial charge < -0.3 is 0 Å². The highest BCUT2D eigenvalue weighted by atomic mass is 32.2. The molecule has 0 saturated heterocycles. The molecule has 0 fully saturated rings. The number of benzene rings is 1. The third kappa shape index (κ3) is 3.43. The lowest BCUT2D eigenvalue weighted by Gasteiger charge is -2.05. The molecule has 0 aliphatic rings. The molecule has 0 unspecified atom stereocenters. The molecule has 0 N–H and O–H groups in total. The molecule has 0 aromatic heterocycles. The maximum Gasteiger partial charge on any atom is 0.0994 e. The molecule has 74 valence electrons. The number of thioether (sulfide) groups is 1. The maximum absolute atomic E-state index is 8.87. The molecule has 1 nitrogen and oxygen atoms in total. The van der Waals surface area contributed by atoms with Gasteiger partial charge in [-0.3, -0.25) is 0 Å². The van der Waals surface area contributed by atoms with E-state index in [9.17, 15) is 0 Å². The average Bonchev–Trinajstić information content (AvgIpc) is 2.18. The van der Waals surface area contributed by atoms with Crippen LogP contribution in [0.5, 0.6) is 0 Å². The predicted octanol–water partition coefficient (Wildman–Crippen LogP) is 3.45. The first kappa shape index (κ1) is 11.1. The van der Waals surface area contributed by atoms with Crippen LogP contribution < -0.4 is 0 Å². The Kier molecular flexibility index (Phi) is 4.55. The topological polar surface area (TPSA) is 23.8 Å². The second-order valence-electron chi connectivity index (χ2n) is 3.68. The van der Waals surface area contributed by atoms with Gasteiger partial charge in [0.25, 0.3) is 0 Å². The Morgan fingerprint density at radius 3 is 2.71 bits per heavy atom. The lowest BCUT2D eigenvalue weighted by molar-refractivity contribution is 0.750. The van der Waals surface area contributed by atoms with Gasteiger partial charge in [0.15, 0.2) is 0 Å². The van der Waals surface area contributed by atoms with Crippen molar-refractivity contribution >= 4 is 11.8 Å². The Balaban J connectivity index is 2.54. The minimum Gasteiger partial charge on any atom is -0.192 e. The third-order valence-electron chi connectivity index (χ3n) is 1.85. The highest BCUT2D eigenvalue weighted by Gasteiger charge is 2.01. The lowest BCUT2D eigenvalue weighted by atomic mass is 10.1. The molecule has 0 amide bonds. The van der Waals surface area contributed by atoms with Crippen LogP contribution in [0.15, 0.2) is 24.3 Å². The summed E-state index contributed by atoms with van der Waals surface area (Å²) < 4.78 is 0. The summed E-state index contributed by atoms with van der Waals surface area (Å²) in [6.07, 6.45) is 0. The molecule has 1 aromatic rings. The van der Waals surface area contributed by atoms with E-state index < -0.39 is 0 Å². The number of nitriles is 1. The lowest BCUT2D eigenvalue weighted by Crippen LogP contribution is -1.93. The molecule has 14 heavy (non-hydrogen) atoms. The second-order valence-corrected chi connectivity index (χ2v) is 4.71. The molecule has 0 spiro atoms. The highest BCUT2D eigenvalue weighted by Crippen LogP contribution is 2.17. The molecule has 2 heteroatoms. The van der Waals surface area contributed by atoms with Crippen LogP contribution in [-0.2, 0) is 5.75 Å². The van der Waals surface area contributed by atoms with Crippen molar-refractivity contribution in [3.8, 4) is 6.07 Å². The van der Waals surface area contributed by atoms with Gasteiger partial charge in [0, 0.05) is 5.75 Å². The molecule has 1 aromatic carbocycles. The Bertz CT molecular complexity index is 325. The summed E-state index contributed by atoms with van der Waals surface area (Å²) in [7, 11) is 0. The number of nitrogens with zero attached hydrogens (tertiary/aromatic N) is 1. The minimum absolute atomic E-state index is 0.717. The molecule has 0 heterocycles. The van der Waals surface area contributed by atoms with E-state index in [1.807, 2.05) is 36.0 Å². The van der Waals surface area contributed by atoms with Gasteiger partial charge in [0.1, 0.15) is 0 Å². The van der Waals surface area contributed by atoms with Crippen molar-refractivity contribution in [3.05, 3.63) is 35.4 Å². The molecule has 0 radical (unpaired) electrons. The van der Waals surface area contributed by atoms with Crippen LogP contribution in [0.2, 0.25) is 0 Å². The summed E-state index contributed by atoms with van der Waals surface area (Å²) in [6.45, 7) is 4.42. The largest absolute Gasteiger partial charge is 0.192 e. The van der Waals surface area contributed by atoms with E-state index in [1.165, 1.54) is 0 Å². The van der Waals surface area contributed by atoms with Gasteiger partial charge in [-0.25, -0.2) is 0 Å². The van der Waals surface area contributed by atoms with Crippen LogP contribution in [0.1, 0.15) is 25.0 Å². The number of hydrogen-bond acceptors (Lipinski definition) is 2. The average molecular weight is 205 g/mol. The Hall–Kier alpha value is -0.940. The van der Waals surface area contributed by atoms with Gasteiger partial charge in [-0.1, -0.05) is 32.0 Å². The normalized spacial score (nSPS) is 10.1. The van der Waals surface area contributed by atoms with Gasteiger partial charge >= 0.3 is 0 Å². The van der Waals surface area contributed by atoms with Gasteiger partial charge in [0.05, 0.1) is 11.6 Å². The summed E-state index contributed by atoms with van der Waals surface area (Å²) in [4.78, 5) is 0. The van der Waals surface area contributed by atoms with Crippen molar-refractivity contribution in [2.24, 2.45) is 5.92 Å². The maximum atomic E-state index is 8.87. The van der Waals surface area contributed by atoms with E-state index in [-0.39, 0.29) is 0 Å². The van der Waals surface area contributed by atoms with Crippen molar-refractivity contribution < 1.29 is 0 Å². The van der Waals surface area contributed by atoms with Crippen molar-refractivity contribution in [2.45, 2.75) is 19.6 Å². The van der Waals surface area contributed by atoms with E-state index >= 15 is 0 Å². The first-order chi connectivity index (χ1) is 6.74. The standard InChI is InChI=1S/C12H15NS/c1-10(2)8-14-9-12-6-4-3-5-11(12)7-13/h3-6,10H,8-9H2,1-2H3. The Morgan fingerprint density at radius 2 is 2.07 bits per heavy atom. The van der Waals surface area contributed by atoms with Crippen LogP contribution in [0.4, 0.5) is 0 Å². The molecule has 1 rings (SSSR count). The summed E-state index contributed by atoms with van der Waals surface area (Å²) in [5.74, 6) is 2.82. The fraction of sp³-hybridized carbons (Fsp3) is 0.417. The molecule has 0 aliphatic carbocycles. The zero-order valence-electron chi connectivity index (χ0n) is 8.66. The first-order valence-corrected chi connectivity index (χ1v) is 5.95. The molecular formula is C12H15NS. The van der Waals surface area contributed by atoms with Gasteiger partial charge in [-0.05, 0) is 23.3 Å². The first-order valence-electron chi connectivity index (χ1n) is 4.79. The van der Waals surface area contributed by atoms with E-state index in [4.69, 9.17) is 5.26 Å². The van der Waals surface area contributed by atoms with E-state index in [0.717, 1.165) is 22.6 Å². The van der Waals surface area contributed by atoms with Crippen LogP contribution >= 0.6 is 11.8 Å². The van der Waals surface area contributed by atoms with Crippen LogP contribution in [0, 0.1) is 17.2 Å². The quantitative estimate of drug-likeness (QED) is 0.751. The second kappa shape index (κ2) is 5.72. The zero-order chi connectivity index (χ0) is 10.4. The fourth-order valence-corrected chi connectivity index (χ4v) is 2.22. The van der Waals surface area contributed by atoms with Crippen LogP contribution in [0.3, 0.4) is 0 Å². The van der Waals surface area contributed by atoms with E-state index in [1.54, 1.807) is 0 Å². The molecule has 0 saturated carbocycles. The summed E-state index contributed by atoms with van der Waals surface area (Å²) >= 11 is 1.89. The number of hydrogen-bond donors (Lipinski definition) is 0. The van der Waals surface area contributed by atoms with Gasteiger partial charge in [0.2, 0.25) is 0 Å². The van der Waals surface area contributed by atoms with E-state index in [2.05, 4.69) is 19.9 Å². The van der Waals surface area contributed by atoms with Gasteiger partial charge in [-0.15, -0.1) is 0 Å². The molecule has 0 aliphatic heterocycles. The van der Waals surface area contributed by atoms with Crippen molar-refractivity contribution in [1.29, 1.82) is 5.26 Å². The molecular weight excluding hydrogens is 190 g/mol. The van der Waals surface area contributed by atoms with Crippen molar-refractivity contribution in [3.63, 3.8) is 0 Å². The minimum atomic E-state index is 0.717. The molecule has 0 atom stereocenters. The third-order valence-corrected chi connectivity index (χ3v) is 3.26. The SMILES string of the molecule is CC(C)CSCc1ccccc1C#N. The predicted molar refractivity (Wildman–Crippen MR) is 62.2 cm³/mol. The van der Waals surface area contributed by atoms with Gasteiger partial charge in [-0.2, -0.15) is 17.0 Å². The highest BCUT2D eigenvalue weighted by molar-refractivity contribution is 7.98. The van der Waals surface area contributed by atoms with E-state index in [0.29, 0.717) is 5.92 Å². The Labute approximate surface area is 90.1 Å². The summed E-state index contributed by atoms with van der Waals surface area (Å²) in [6, 6.07) is 10.0. The fourth-order valence-electron chi connectivity index (χ4n) is 1.16. The smallest absolute Gasteiger partial charge is 0.0994 e. The zero-order valence-corrected chi connectivity index (χ0v) is 9.47. The summed E-state index contributed by atoms with van der Waals surface area (Å²) in [5, 5.41) is 8.87. The van der Waals surface area contributed by atoms with Crippen molar-refractivity contribution in [1.82, 2.24) is 0 Å². The van der Waals surface area contributed by atoms with Crippen LogP contribution in [-0.4, -0.2) is 5.75 Å². The molecule has 0 bridgehead atoms. The van der Waals surface area contributed by atoms with Crippen LogP contribution in [0.25, 0.3) is 0 Å². The monoisotopic (exact) mass is 205 g/mol. The summed E-state index contributed by atoms with van der Waals surface area (Å²) in [5.41, 5.74) is 1.96. The number of rotatable bonds is 4. The van der Waals surface area contributed by atoms with Crippen molar-refractivity contribution in [2.75, 3.05) is 5.75 Å². The Morgan fingerprint density at radius 1 is 1.36 bits per heavy atom.